The fraction of sp³-hybridized carbons (Fsp3) is 0.412. The minimum Gasteiger partial charge on any atom is -0.493 e. The Morgan fingerprint density at radius 1 is 1.20 bits per heavy atom. The van der Waals surface area contributed by atoms with Crippen LogP contribution in [0.15, 0.2) is 42.7 Å². The highest BCUT2D eigenvalue weighted by Gasteiger charge is 2.24. The Morgan fingerprint density at radius 3 is 3.00 bits per heavy atom. The molecule has 3 heteroatoms. The number of rotatable bonds is 5. The van der Waals surface area contributed by atoms with Crippen LogP contribution in [0.2, 0.25) is 0 Å². The first kappa shape index (κ1) is 12.0. The SMILES string of the molecule is c1ccc2c(c1)OCC2Cn1ccc(CNC2CC2)c1. The summed E-state index contributed by atoms with van der Waals surface area (Å²) in [5.41, 5.74) is 2.72. The highest BCUT2D eigenvalue weighted by Crippen LogP contribution is 2.34. The van der Waals surface area contributed by atoms with Crippen LogP contribution in [0.3, 0.4) is 0 Å². The van der Waals surface area contributed by atoms with Crippen molar-refractivity contribution in [2.75, 3.05) is 6.61 Å². The lowest BCUT2D eigenvalue weighted by Crippen LogP contribution is -2.15. The van der Waals surface area contributed by atoms with Crippen LogP contribution < -0.4 is 10.1 Å². The van der Waals surface area contributed by atoms with Crippen LogP contribution in [0.1, 0.15) is 29.9 Å². The predicted molar refractivity (Wildman–Crippen MR) is 79.0 cm³/mol. The zero-order valence-electron chi connectivity index (χ0n) is 11.6. The average Bonchev–Trinajstić information content (AvgIpc) is 3.06. The maximum atomic E-state index is 5.75. The van der Waals surface area contributed by atoms with E-state index in [2.05, 4.69) is 46.5 Å². The molecule has 3 nitrogen and oxygen atoms in total. The number of nitrogens with one attached hydrogen (secondary N) is 1. The zero-order valence-corrected chi connectivity index (χ0v) is 11.6. The lowest BCUT2D eigenvalue weighted by molar-refractivity contribution is 0.319. The van der Waals surface area contributed by atoms with Crippen LogP contribution in [0.4, 0.5) is 0 Å². The van der Waals surface area contributed by atoms with Gasteiger partial charge in [-0.1, -0.05) is 18.2 Å². The summed E-state index contributed by atoms with van der Waals surface area (Å²) in [6.45, 7) is 2.79. The van der Waals surface area contributed by atoms with Crippen molar-refractivity contribution in [2.45, 2.75) is 37.9 Å². The van der Waals surface area contributed by atoms with Crippen molar-refractivity contribution in [3.8, 4) is 5.75 Å². The summed E-state index contributed by atoms with van der Waals surface area (Å²) in [4.78, 5) is 0. The summed E-state index contributed by atoms with van der Waals surface area (Å²) in [6.07, 6.45) is 7.13. The molecule has 2 aromatic rings. The van der Waals surface area contributed by atoms with E-state index in [0.717, 1.165) is 31.5 Å². The van der Waals surface area contributed by atoms with E-state index in [1.54, 1.807) is 0 Å². The quantitative estimate of drug-likeness (QED) is 0.902. The van der Waals surface area contributed by atoms with E-state index in [-0.39, 0.29) is 0 Å². The number of aromatic nitrogens is 1. The molecule has 104 valence electrons. The van der Waals surface area contributed by atoms with Gasteiger partial charge in [0.2, 0.25) is 0 Å². The number of fused-ring (bicyclic) bond motifs is 1. The van der Waals surface area contributed by atoms with E-state index < -0.39 is 0 Å². The van der Waals surface area contributed by atoms with Gasteiger partial charge >= 0.3 is 0 Å². The largest absolute Gasteiger partial charge is 0.493 e. The van der Waals surface area contributed by atoms with Gasteiger partial charge in [0.15, 0.2) is 0 Å². The first-order chi connectivity index (χ1) is 9.88. The molecule has 1 N–H and O–H groups in total. The predicted octanol–water partition coefficient (Wildman–Crippen LogP) is 2.92. The van der Waals surface area contributed by atoms with E-state index in [4.69, 9.17) is 4.74 Å². The Hall–Kier alpha value is -1.74. The topological polar surface area (TPSA) is 26.2 Å². The van der Waals surface area contributed by atoms with E-state index >= 15 is 0 Å². The fourth-order valence-corrected chi connectivity index (χ4v) is 2.89. The molecule has 0 spiro atoms. The highest BCUT2D eigenvalue weighted by atomic mass is 16.5. The van der Waals surface area contributed by atoms with Gasteiger partial charge in [-0.15, -0.1) is 0 Å². The second-order valence-corrected chi connectivity index (χ2v) is 5.92. The van der Waals surface area contributed by atoms with Crippen molar-refractivity contribution in [2.24, 2.45) is 0 Å². The number of nitrogens with zero attached hydrogens (tertiary/aromatic N) is 1. The molecule has 1 fully saturated rings. The van der Waals surface area contributed by atoms with E-state index in [9.17, 15) is 0 Å². The Morgan fingerprint density at radius 2 is 2.10 bits per heavy atom. The molecule has 0 amide bonds. The molecular formula is C17H20N2O. The van der Waals surface area contributed by atoms with Gasteiger partial charge in [0, 0.05) is 43.0 Å². The Bertz CT molecular complexity index is 601. The summed E-state index contributed by atoms with van der Waals surface area (Å²) < 4.78 is 8.04. The van der Waals surface area contributed by atoms with Crippen LogP contribution in [0.5, 0.6) is 5.75 Å². The lowest BCUT2D eigenvalue weighted by atomic mass is 10.0. The van der Waals surface area contributed by atoms with Crippen molar-refractivity contribution in [1.82, 2.24) is 9.88 Å². The molecule has 0 bridgehead atoms. The van der Waals surface area contributed by atoms with Crippen molar-refractivity contribution < 1.29 is 4.74 Å². The number of hydrogen-bond acceptors (Lipinski definition) is 2. The average molecular weight is 268 g/mol. The van der Waals surface area contributed by atoms with Crippen LogP contribution in [0.25, 0.3) is 0 Å². The van der Waals surface area contributed by atoms with Gasteiger partial charge in [0.25, 0.3) is 0 Å². The van der Waals surface area contributed by atoms with Crippen molar-refractivity contribution in [3.63, 3.8) is 0 Å². The molecule has 4 rings (SSSR count). The summed E-state index contributed by atoms with van der Waals surface area (Å²) in [6, 6.07) is 11.4. The molecule has 2 heterocycles. The molecule has 0 radical (unpaired) electrons. The molecule has 0 saturated heterocycles. The van der Waals surface area contributed by atoms with Gasteiger partial charge < -0.3 is 14.6 Å². The summed E-state index contributed by atoms with van der Waals surface area (Å²) in [5, 5.41) is 3.56. The Labute approximate surface area is 119 Å². The third kappa shape index (κ3) is 2.46. The second kappa shape index (κ2) is 4.98. The maximum absolute atomic E-state index is 5.75. The number of hydrogen-bond donors (Lipinski definition) is 1. The minimum atomic E-state index is 0.475. The molecule has 1 aromatic heterocycles. The minimum absolute atomic E-state index is 0.475. The Balaban J connectivity index is 1.41. The monoisotopic (exact) mass is 268 g/mol. The smallest absolute Gasteiger partial charge is 0.122 e. The van der Waals surface area contributed by atoms with Crippen molar-refractivity contribution in [1.29, 1.82) is 0 Å². The lowest BCUT2D eigenvalue weighted by Gasteiger charge is -2.10. The fourth-order valence-electron chi connectivity index (χ4n) is 2.89. The maximum Gasteiger partial charge on any atom is 0.122 e. The molecule has 1 saturated carbocycles. The van der Waals surface area contributed by atoms with Crippen molar-refractivity contribution in [3.05, 3.63) is 53.9 Å². The molecule has 20 heavy (non-hydrogen) atoms. The second-order valence-electron chi connectivity index (χ2n) is 5.92. The van der Waals surface area contributed by atoms with Gasteiger partial charge in [-0.2, -0.15) is 0 Å². The van der Waals surface area contributed by atoms with Crippen LogP contribution in [-0.2, 0) is 13.1 Å². The van der Waals surface area contributed by atoms with Gasteiger partial charge in [0.1, 0.15) is 5.75 Å². The van der Waals surface area contributed by atoms with Crippen molar-refractivity contribution >= 4 is 0 Å². The van der Waals surface area contributed by atoms with Gasteiger partial charge in [0.05, 0.1) is 6.61 Å². The van der Waals surface area contributed by atoms with Crippen LogP contribution in [-0.4, -0.2) is 17.2 Å². The molecular weight excluding hydrogens is 248 g/mol. The first-order valence-corrected chi connectivity index (χ1v) is 7.48. The standard InChI is InChI=1S/C17H20N2O/c1-2-4-17-16(3-1)14(12-20-17)11-19-8-7-13(10-19)9-18-15-5-6-15/h1-4,7-8,10,14-15,18H,5-6,9,11-12H2. The highest BCUT2D eigenvalue weighted by molar-refractivity contribution is 5.39. The number of para-hydroxylation sites is 1. The molecule has 2 aliphatic rings. The molecule has 1 aromatic carbocycles. The summed E-state index contributed by atoms with van der Waals surface area (Å²) in [7, 11) is 0. The summed E-state index contributed by atoms with van der Waals surface area (Å²) in [5.74, 6) is 1.53. The number of ether oxygens (including phenoxy) is 1. The summed E-state index contributed by atoms with van der Waals surface area (Å²) >= 11 is 0. The molecule has 1 aliphatic heterocycles. The molecule has 1 unspecified atom stereocenters. The third-order valence-electron chi connectivity index (χ3n) is 4.21. The first-order valence-electron chi connectivity index (χ1n) is 7.48. The molecule has 1 aliphatic carbocycles. The third-order valence-corrected chi connectivity index (χ3v) is 4.21. The van der Waals surface area contributed by atoms with E-state index in [0.29, 0.717) is 5.92 Å². The van der Waals surface area contributed by atoms with Gasteiger partial charge in [-0.05, 0) is 30.5 Å². The van der Waals surface area contributed by atoms with Crippen LogP contribution >= 0.6 is 0 Å². The molecule has 1 atom stereocenters. The zero-order chi connectivity index (χ0) is 13.4. The normalized spacial score (nSPS) is 20.7. The number of benzene rings is 1. The van der Waals surface area contributed by atoms with Gasteiger partial charge in [-0.3, -0.25) is 0 Å². The Kier molecular flexibility index (Phi) is 3.00. The van der Waals surface area contributed by atoms with Gasteiger partial charge in [-0.25, -0.2) is 0 Å². The van der Waals surface area contributed by atoms with Crippen LogP contribution in [0, 0.1) is 0 Å². The van der Waals surface area contributed by atoms with E-state index in [1.807, 2.05) is 6.07 Å². The van der Waals surface area contributed by atoms with E-state index in [1.165, 1.54) is 24.0 Å².